The molecule has 0 spiro atoms. The van der Waals surface area contributed by atoms with Crippen molar-refractivity contribution in [3.8, 4) is 0 Å². The van der Waals surface area contributed by atoms with Crippen molar-refractivity contribution in [2.75, 3.05) is 4.31 Å². The molecular weight excluding hydrogens is 494 g/mol. The lowest BCUT2D eigenvalue weighted by Gasteiger charge is -2.26. The highest BCUT2D eigenvalue weighted by molar-refractivity contribution is 7.92. The number of hydrazone groups is 1. The molecule has 8 heteroatoms. The van der Waals surface area contributed by atoms with E-state index in [-0.39, 0.29) is 17.3 Å². The van der Waals surface area contributed by atoms with Gasteiger partial charge in [-0.3, -0.25) is 9.10 Å². The Morgan fingerprint density at radius 1 is 0.917 bits per heavy atom. The van der Waals surface area contributed by atoms with Crippen LogP contribution < -0.4 is 9.73 Å². The maximum absolute atomic E-state index is 13.6. The molecule has 4 aromatic carbocycles. The summed E-state index contributed by atoms with van der Waals surface area (Å²) in [4.78, 5) is 12.6. The van der Waals surface area contributed by atoms with Crippen LogP contribution in [0.5, 0.6) is 0 Å². The summed E-state index contributed by atoms with van der Waals surface area (Å²) in [6.07, 6.45) is 1.56. The normalized spacial score (nSPS) is 11.4. The van der Waals surface area contributed by atoms with E-state index in [4.69, 9.17) is 11.6 Å². The number of sulfonamides is 1. The number of benzene rings is 4. The van der Waals surface area contributed by atoms with Crippen LogP contribution >= 0.6 is 11.6 Å². The lowest BCUT2D eigenvalue weighted by molar-refractivity contribution is 0.0955. The van der Waals surface area contributed by atoms with E-state index in [2.05, 4.69) is 10.5 Å². The molecule has 0 saturated heterocycles. The van der Waals surface area contributed by atoms with E-state index in [1.807, 2.05) is 37.3 Å². The van der Waals surface area contributed by atoms with Crippen molar-refractivity contribution >= 4 is 39.4 Å². The molecule has 0 aromatic heterocycles. The number of carbonyl (C=O) groups excluding carboxylic acids is 1. The first-order valence-corrected chi connectivity index (χ1v) is 13.0. The van der Waals surface area contributed by atoms with Gasteiger partial charge in [-0.25, -0.2) is 13.8 Å². The second-order valence-corrected chi connectivity index (χ2v) is 10.4. The number of nitrogens with one attached hydrogen (secondary N) is 1. The minimum Gasteiger partial charge on any atom is -0.267 e. The molecule has 0 saturated carbocycles. The summed E-state index contributed by atoms with van der Waals surface area (Å²) in [5.74, 6) is -0.367. The number of halogens is 1. The number of anilines is 1. The van der Waals surface area contributed by atoms with Crippen molar-refractivity contribution in [2.45, 2.75) is 18.4 Å². The topological polar surface area (TPSA) is 78.8 Å². The molecule has 1 N–H and O–H groups in total. The van der Waals surface area contributed by atoms with Crippen LogP contribution in [0, 0.1) is 6.92 Å². The molecule has 0 aliphatic rings. The van der Waals surface area contributed by atoms with E-state index in [0.29, 0.717) is 21.8 Å². The third kappa shape index (κ3) is 6.00. The van der Waals surface area contributed by atoms with E-state index in [9.17, 15) is 13.2 Å². The molecule has 0 unspecified atom stereocenters. The SMILES string of the molecule is Cc1ccc(Cl)cc1N(Cc1ccc(C(=O)N/N=C\c2ccccc2)cc1)S(=O)(=O)c1ccccc1. The first kappa shape index (κ1) is 25.2. The Bertz CT molecular complexity index is 1470. The molecule has 0 aliphatic carbocycles. The Morgan fingerprint density at radius 3 is 2.22 bits per heavy atom. The van der Waals surface area contributed by atoms with Crippen LogP contribution in [0.25, 0.3) is 0 Å². The van der Waals surface area contributed by atoms with Gasteiger partial charge in [0.15, 0.2) is 0 Å². The van der Waals surface area contributed by atoms with Crippen LogP contribution in [0.15, 0.2) is 113 Å². The van der Waals surface area contributed by atoms with Crippen LogP contribution in [-0.4, -0.2) is 20.5 Å². The average Bonchev–Trinajstić information content (AvgIpc) is 2.90. The summed E-state index contributed by atoms with van der Waals surface area (Å²) in [6, 6.07) is 29.6. The van der Waals surface area contributed by atoms with Crippen LogP contribution in [0.4, 0.5) is 5.69 Å². The van der Waals surface area contributed by atoms with E-state index in [1.54, 1.807) is 79.0 Å². The van der Waals surface area contributed by atoms with Gasteiger partial charge in [0.2, 0.25) is 0 Å². The predicted molar refractivity (Wildman–Crippen MR) is 144 cm³/mol. The summed E-state index contributed by atoms with van der Waals surface area (Å²) in [7, 11) is -3.88. The standard InChI is InChI=1S/C28H24ClN3O3S/c1-21-12-17-25(29)18-27(21)32(36(34,35)26-10-6-3-7-11-26)20-23-13-15-24(16-14-23)28(33)31-30-19-22-8-4-2-5-9-22/h2-19H,20H2,1H3,(H,31,33)/b30-19-. The summed E-state index contributed by atoms with van der Waals surface area (Å²) in [5, 5.41) is 4.42. The molecule has 4 rings (SSSR count). The number of aryl methyl sites for hydroxylation is 1. The average molecular weight is 518 g/mol. The third-order valence-corrected chi connectivity index (χ3v) is 7.50. The fourth-order valence-corrected chi connectivity index (χ4v) is 5.26. The van der Waals surface area contributed by atoms with Gasteiger partial charge in [-0.1, -0.05) is 78.3 Å². The number of rotatable bonds is 8. The quantitative estimate of drug-likeness (QED) is 0.237. The Hall–Kier alpha value is -3.94. The van der Waals surface area contributed by atoms with Crippen molar-refractivity contribution in [3.63, 3.8) is 0 Å². The Balaban J connectivity index is 1.57. The Kier molecular flexibility index (Phi) is 7.83. The van der Waals surface area contributed by atoms with E-state index < -0.39 is 10.0 Å². The molecule has 0 bridgehead atoms. The van der Waals surface area contributed by atoms with Gasteiger partial charge < -0.3 is 0 Å². The molecule has 36 heavy (non-hydrogen) atoms. The minimum absolute atomic E-state index is 0.0620. The maximum Gasteiger partial charge on any atom is 0.271 e. The number of hydrogen-bond acceptors (Lipinski definition) is 4. The molecule has 0 fully saturated rings. The zero-order valence-corrected chi connectivity index (χ0v) is 21.1. The first-order chi connectivity index (χ1) is 17.3. The van der Waals surface area contributed by atoms with Gasteiger partial charge >= 0.3 is 0 Å². The summed E-state index contributed by atoms with van der Waals surface area (Å²) >= 11 is 6.22. The van der Waals surface area contributed by atoms with Crippen molar-refractivity contribution in [3.05, 3.63) is 130 Å². The monoisotopic (exact) mass is 517 g/mol. The highest BCUT2D eigenvalue weighted by Crippen LogP contribution is 2.31. The van der Waals surface area contributed by atoms with Crippen LogP contribution in [0.3, 0.4) is 0 Å². The Labute approximate surface area is 215 Å². The van der Waals surface area contributed by atoms with Gasteiger partial charge in [0, 0.05) is 10.6 Å². The lowest BCUT2D eigenvalue weighted by atomic mass is 10.1. The van der Waals surface area contributed by atoms with Crippen molar-refractivity contribution in [1.29, 1.82) is 0 Å². The molecule has 0 radical (unpaired) electrons. The van der Waals surface area contributed by atoms with Gasteiger partial charge in [0.05, 0.1) is 23.3 Å². The fraction of sp³-hybridized carbons (Fsp3) is 0.0714. The van der Waals surface area contributed by atoms with Gasteiger partial charge in [0.25, 0.3) is 15.9 Å². The number of amides is 1. The molecule has 1 amide bonds. The van der Waals surface area contributed by atoms with E-state index in [0.717, 1.165) is 11.1 Å². The summed E-state index contributed by atoms with van der Waals surface area (Å²) in [6.45, 7) is 1.90. The van der Waals surface area contributed by atoms with Crippen LogP contribution in [-0.2, 0) is 16.6 Å². The molecule has 0 heterocycles. The minimum atomic E-state index is -3.88. The highest BCUT2D eigenvalue weighted by atomic mass is 35.5. The summed E-state index contributed by atoms with van der Waals surface area (Å²) in [5.41, 5.74) is 5.74. The highest BCUT2D eigenvalue weighted by Gasteiger charge is 2.26. The number of nitrogens with zero attached hydrogens (tertiary/aromatic N) is 2. The maximum atomic E-state index is 13.6. The van der Waals surface area contributed by atoms with Crippen LogP contribution in [0.2, 0.25) is 5.02 Å². The van der Waals surface area contributed by atoms with Gasteiger partial charge in [-0.2, -0.15) is 5.10 Å². The van der Waals surface area contributed by atoms with Crippen LogP contribution in [0.1, 0.15) is 27.0 Å². The third-order valence-electron chi connectivity index (χ3n) is 5.49. The summed E-state index contributed by atoms with van der Waals surface area (Å²) < 4.78 is 28.6. The molecule has 6 nitrogen and oxygen atoms in total. The first-order valence-electron chi connectivity index (χ1n) is 11.2. The lowest BCUT2D eigenvalue weighted by Crippen LogP contribution is -2.31. The zero-order chi connectivity index (χ0) is 25.5. The second kappa shape index (κ2) is 11.2. The molecule has 182 valence electrons. The largest absolute Gasteiger partial charge is 0.271 e. The fourth-order valence-electron chi connectivity index (χ4n) is 3.57. The smallest absolute Gasteiger partial charge is 0.267 e. The Morgan fingerprint density at radius 2 is 1.56 bits per heavy atom. The van der Waals surface area contributed by atoms with Gasteiger partial charge in [0.1, 0.15) is 0 Å². The molecular formula is C28H24ClN3O3S. The van der Waals surface area contributed by atoms with Crippen molar-refractivity contribution in [1.82, 2.24) is 5.43 Å². The molecule has 0 atom stereocenters. The predicted octanol–water partition coefficient (Wildman–Crippen LogP) is 5.81. The van der Waals surface area contributed by atoms with Gasteiger partial charge in [-0.05, 0) is 60.0 Å². The molecule has 0 aliphatic heterocycles. The van der Waals surface area contributed by atoms with Gasteiger partial charge in [-0.15, -0.1) is 0 Å². The zero-order valence-electron chi connectivity index (χ0n) is 19.5. The number of carbonyl (C=O) groups is 1. The second-order valence-electron chi connectivity index (χ2n) is 8.06. The van der Waals surface area contributed by atoms with Crippen molar-refractivity contribution in [2.24, 2.45) is 5.10 Å². The number of hydrogen-bond donors (Lipinski definition) is 1. The van der Waals surface area contributed by atoms with E-state index >= 15 is 0 Å². The van der Waals surface area contributed by atoms with E-state index in [1.165, 1.54) is 4.31 Å². The van der Waals surface area contributed by atoms with Crippen molar-refractivity contribution < 1.29 is 13.2 Å². The molecule has 4 aromatic rings.